The Morgan fingerprint density at radius 2 is 2.14 bits per heavy atom. The molecular formula is C15H21N3O3. The third-order valence-corrected chi connectivity index (χ3v) is 4.29. The van der Waals surface area contributed by atoms with Crippen LogP contribution in [-0.2, 0) is 0 Å². The van der Waals surface area contributed by atoms with Gasteiger partial charge in [0.05, 0.1) is 4.92 Å². The highest BCUT2D eigenvalue weighted by Crippen LogP contribution is 2.28. The van der Waals surface area contributed by atoms with E-state index >= 15 is 0 Å². The van der Waals surface area contributed by atoms with Crippen LogP contribution in [0.1, 0.15) is 36.0 Å². The molecule has 6 nitrogen and oxygen atoms in total. The number of nitrogens with zero attached hydrogens (tertiary/aromatic N) is 2. The molecule has 2 N–H and O–H groups in total. The summed E-state index contributed by atoms with van der Waals surface area (Å²) in [6.07, 6.45) is 4.22. The van der Waals surface area contributed by atoms with Crippen LogP contribution in [0.15, 0.2) is 24.3 Å². The topological polar surface area (TPSA) is 89.5 Å². The van der Waals surface area contributed by atoms with Crippen LogP contribution in [0.2, 0.25) is 0 Å². The average molecular weight is 291 g/mol. The normalized spacial score (nSPS) is 21.8. The third-order valence-electron chi connectivity index (χ3n) is 4.29. The summed E-state index contributed by atoms with van der Waals surface area (Å²) in [5, 5.41) is 10.8. The Labute approximate surface area is 124 Å². The van der Waals surface area contributed by atoms with Gasteiger partial charge in [0.1, 0.15) is 0 Å². The highest BCUT2D eigenvalue weighted by atomic mass is 16.6. The number of amides is 1. The van der Waals surface area contributed by atoms with Crippen molar-refractivity contribution < 1.29 is 9.72 Å². The summed E-state index contributed by atoms with van der Waals surface area (Å²) in [5.74, 6) is 0.135. The van der Waals surface area contributed by atoms with Gasteiger partial charge < -0.3 is 10.6 Å². The van der Waals surface area contributed by atoms with E-state index in [1.54, 1.807) is 24.1 Å². The number of nitrogens with two attached hydrogens (primary N) is 1. The molecule has 1 aromatic carbocycles. The fourth-order valence-electron chi connectivity index (χ4n) is 3.08. The minimum Gasteiger partial charge on any atom is -0.338 e. The molecule has 1 fully saturated rings. The summed E-state index contributed by atoms with van der Waals surface area (Å²) in [5.41, 5.74) is 6.10. The standard InChI is InChI=1S/C15H21N3O3/c1-17(14-8-3-2-5-12(14)10-16)15(19)11-6-4-7-13(9-11)18(20)21/h4,6-7,9,12,14H,2-3,5,8,10,16H2,1H3. The van der Waals surface area contributed by atoms with E-state index < -0.39 is 4.92 Å². The number of non-ortho nitro benzene ring substituents is 1. The van der Waals surface area contributed by atoms with Crippen LogP contribution in [0.5, 0.6) is 0 Å². The van der Waals surface area contributed by atoms with E-state index in [2.05, 4.69) is 0 Å². The molecule has 0 heterocycles. The minimum atomic E-state index is -0.486. The molecule has 2 rings (SSSR count). The van der Waals surface area contributed by atoms with Crippen molar-refractivity contribution in [2.75, 3.05) is 13.6 Å². The van der Waals surface area contributed by atoms with Crippen LogP contribution >= 0.6 is 0 Å². The number of rotatable bonds is 4. The zero-order valence-electron chi connectivity index (χ0n) is 12.2. The Morgan fingerprint density at radius 3 is 2.81 bits per heavy atom. The predicted molar refractivity (Wildman–Crippen MR) is 80.0 cm³/mol. The van der Waals surface area contributed by atoms with Crippen molar-refractivity contribution in [1.29, 1.82) is 0 Å². The van der Waals surface area contributed by atoms with Gasteiger partial charge in [-0.25, -0.2) is 0 Å². The smallest absolute Gasteiger partial charge is 0.270 e. The number of carbonyl (C=O) groups excluding carboxylic acids is 1. The van der Waals surface area contributed by atoms with Crippen LogP contribution in [-0.4, -0.2) is 35.4 Å². The highest BCUT2D eigenvalue weighted by molar-refractivity contribution is 5.94. The Bertz CT molecular complexity index is 533. The molecule has 0 radical (unpaired) electrons. The fourth-order valence-corrected chi connectivity index (χ4v) is 3.08. The maximum absolute atomic E-state index is 12.5. The van der Waals surface area contributed by atoms with Gasteiger partial charge in [0, 0.05) is 30.8 Å². The molecule has 0 saturated heterocycles. The van der Waals surface area contributed by atoms with E-state index in [1.165, 1.54) is 12.1 Å². The molecule has 0 bridgehead atoms. The maximum atomic E-state index is 12.5. The van der Waals surface area contributed by atoms with E-state index in [0.717, 1.165) is 25.7 Å². The summed E-state index contributed by atoms with van der Waals surface area (Å²) in [4.78, 5) is 24.6. The maximum Gasteiger partial charge on any atom is 0.270 e. The van der Waals surface area contributed by atoms with Crippen LogP contribution < -0.4 is 5.73 Å². The fraction of sp³-hybridized carbons (Fsp3) is 0.533. The second-order valence-corrected chi connectivity index (χ2v) is 5.57. The van der Waals surface area contributed by atoms with Crippen molar-refractivity contribution in [2.45, 2.75) is 31.7 Å². The molecule has 1 aromatic rings. The van der Waals surface area contributed by atoms with Gasteiger partial charge >= 0.3 is 0 Å². The molecule has 114 valence electrons. The molecule has 1 amide bonds. The first kappa shape index (κ1) is 15.4. The van der Waals surface area contributed by atoms with Crippen LogP contribution in [0.25, 0.3) is 0 Å². The zero-order chi connectivity index (χ0) is 15.4. The van der Waals surface area contributed by atoms with E-state index in [0.29, 0.717) is 18.0 Å². The first-order valence-corrected chi connectivity index (χ1v) is 7.26. The molecule has 0 aliphatic heterocycles. The van der Waals surface area contributed by atoms with Crippen molar-refractivity contribution in [3.63, 3.8) is 0 Å². The van der Waals surface area contributed by atoms with Crippen molar-refractivity contribution in [3.05, 3.63) is 39.9 Å². The van der Waals surface area contributed by atoms with E-state index in [4.69, 9.17) is 5.73 Å². The van der Waals surface area contributed by atoms with Crippen molar-refractivity contribution in [2.24, 2.45) is 11.7 Å². The molecule has 1 saturated carbocycles. The van der Waals surface area contributed by atoms with Gasteiger partial charge in [0.25, 0.3) is 11.6 Å². The van der Waals surface area contributed by atoms with Gasteiger partial charge in [0.15, 0.2) is 0 Å². The molecule has 21 heavy (non-hydrogen) atoms. The second kappa shape index (κ2) is 6.67. The second-order valence-electron chi connectivity index (χ2n) is 5.57. The quantitative estimate of drug-likeness (QED) is 0.680. The predicted octanol–water partition coefficient (Wildman–Crippen LogP) is 2.18. The molecule has 1 aliphatic carbocycles. The van der Waals surface area contributed by atoms with Gasteiger partial charge in [-0.15, -0.1) is 0 Å². The monoisotopic (exact) mass is 291 g/mol. The molecule has 6 heteroatoms. The largest absolute Gasteiger partial charge is 0.338 e. The number of hydrogen-bond donors (Lipinski definition) is 1. The summed E-state index contributed by atoms with van der Waals surface area (Å²) in [7, 11) is 1.76. The van der Waals surface area contributed by atoms with Crippen molar-refractivity contribution >= 4 is 11.6 Å². The average Bonchev–Trinajstić information content (AvgIpc) is 2.53. The number of nitro benzene ring substituents is 1. The Morgan fingerprint density at radius 1 is 1.43 bits per heavy atom. The van der Waals surface area contributed by atoms with Gasteiger partial charge in [-0.1, -0.05) is 18.9 Å². The zero-order valence-corrected chi connectivity index (χ0v) is 12.2. The van der Waals surface area contributed by atoms with E-state index in [-0.39, 0.29) is 17.6 Å². The Hall–Kier alpha value is -1.95. The molecule has 1 aliphatic rings. The summed E-state index contributed by atoms with van der Waals surface area (Å²) in [6.45, 7) is 0.567. The highest BCUT2D eigenvalue weighted by Gasteiger charge is 2.30. The van der Waals surface area contributed by atoms with Gasteiger partial charge in [-0.05, 0) is 31.4 Å². The summed E-state index contributed by atoms with van der Waals surface area (Å²) < 4.78 is 0. The minimum absolute atomic E-state index is 0.0618. The third kappa shape index (κ3) is 3.39. The first-order valence-electron chi connectivity index (χ1n) is 7.26. The lowest BCUT2D eigenvalue weighted by atomic mass is 9.83. The Balaban J connectivity index is 2.18. The van der Waals surface area contributed by atoms with E-state index in [1.807, 2.05) is 0 Å². The van der Waals surface area contributed by atoms with Crippen molar-refractivity contribution in [3.8, 4) is 0 Å². The van der Waals surface area contributed by atoms with Crippen LogP contribution in [0, 0.1) is 16.0 Å². The first-order chi connectivity index (χ1) is 10.0. The molecular weight excluding hydrogens is 270 g/mol. The molecule has 2 unspecified atom stereocenters. The number of hydrogen-bond acceptors (Lipinski definition) is 4. The summed E-state index contributed by atoms with van der Waals surface area (Å²) >= 11 is 0. The number of benzene rings is 1. The van der Waals surface area contributed by atoms with Crippen LogP contribution in [0.3, 0.4) is 0 Å². The van der Waals surface area contributed by atoms with Gasteiger partial charge in [-0.3, -0.25) is 14.9 Å². The number of nitro groups is 1. The number of carbonyl (C=O) groups is 1. The molecule has 2 atom stereocenters. The van der Waals surface area contributed by atoms with Crippen molar-refractivity contribution in [1.82, 2.24) is 4.90 Å². The Kier molecular flexibility index (Phi) is 4.90. The lowest BCUT2D eigenvalue weighted by molar-refractivity contribution is -0.384. The SMILES string of the molecule is CN(C(=O)c1cccc([N+](=O)[O-])c1)C1CCCCC1CN. The summed E-state index contributed by atoms with van der Waals surface area (Å²) in [6, 6.07) is 6.00. The van der Waals surface area contributed by atoms with Crippen LogP contribution in [0.4, 0.5) is 5.69 Å². The van der Waals surface area contributed by atoms with E-state index in [9.17, 15) is 14.9 Å². The lowest BCUT2D eigenvalue weighted by Crippen LogP contribution is -2.45. The molecule has 0 aromatic heterocycles. The van der Waals surface area contributed by atoms with Gasteiger partial charge in [0.2, 0.25) is 0 Å². The molecule has 0 spiro atoms. The van der Waals surface area contributed by atoms with Gasteiger partial charge in [-0.2, -0.15) is 0 Å². The lowest BCUT2D eigenvalue weighted by Gasteiger charge is -2.37.